The van der Waals surface area contributed by atoms with Gasteiger partial charge in [-0.2, -0.15) is 0 Å². The Morgan fingerprint density at radius 3 is 2.60 bits per heavy atom. The number of ether oxygens (including phenoxy) is 2. The highest BCUT2D eigenvalue weighted by atomic mass is 19.1. The van der Waals surface area contributed by atoms with Crippen molar-refractivity contribution in [2.75, 3.05) is 27.3 Å². The molecule has 0 saturated heterocycles. The van der Waals surface area contributed by atoms with Crippen molar-refractivity contribution in [1.29, 1.82) is 0 Å². The van der Waals surface area contributed by atoms with Crippen molar-refractivity contribution in [2.45, 2.75) is 39.3 Å². The predicted molar refractivity (Wildman–Crippen MR) is 114 cm³/mol. The van der Waals surface area contributed by atoms with E-state index in [2.05, 4.69) is 5.32 Å². The molecule has 0 fully saturated rings. The number of benzene rings is 2. The zero-order valence-electron chi connectivity index (χ0n) is 18.3. The lowest BCUT2D eigenvalue weighted by Gasteiger charge is -2.35. The minimum Gasteiger partial charge on any atom is -0.493 e. The Balaban J connectivity index is 1.89. The highest BCUT2D eigenvalue weighted by Crippen LogP contribution is 2.34. The maximum Gasteiger partial charge on any atom is 0.220 e. The molecule has 2 atom stereocenters. The first-order valence-electron chi connectivity index (χ1n) is 10.5. The zero-order chi connectivity index (χ0) is 21.7. The van der Waals surface area contributed by atoms with Gasteiger partial charge in [-0.3, -0.25) is 4.79 Å². The molecular formula is C24H32FN2O3+. The molecular weight excluding hydrogens is 383 g/mol. The molecule has 0 aliphatic carbocycles. The minimum atomic E-state index is -0.225. The Morgan fingerprint density at radius 2 is 1.93 bits per heavy atom. The van der Waals surface area contributed by atoms with Crippen molar-refractivity contribution < 1.29 is 23.6 Å². The summed E-state index contributed by atoms with van der Waals surface area (Å²) in [5.41, 5.74) is 3.31. The lowest BCUT2D eigenvalue weighted by Crippen LogP contribution is -3.12. The predicted octanol–water partition coefficient (Wildman–Crippen LogP) is 2.69. The van der Waals surface area contributed by atoms with E-state index in [1.54, 1.807) is 26.4 Å². The van der Waals surface area contributed by atoms with Crippen LogP contribution in [0.15, 0.2) is 36.4 Å². The summed E-state index contributed by atoms with van der Waals surface area (Å²) in [4.78, 5) is 13.6. The molecule has 30 heavy (non-hydrogen) atoms. The second kappa shape index (κ2) is 9.94. The largest absolute Gasteiger partial charge is 0.493 e. The van der Waals surface area contributed by atoms with Crippen LogP contribution >= 0.6 is 0 Å². The highest BCUT2D eigenvalue weighted by Gasteiger charge is 2.33. The van der Waals surface area contributed by atoms with Gasteiger partial charge in [0, 0.05) is 24.0 Å². The van der Waals surface area contributed by atoms with Crippen LogP contribution < -0.4 is 19.7 Å². The molecule has 1 aliphatic rings. The third kappa shape index (κ3) is 5.30. The second-order valence-electron chi connectivity index (χ2n) is 8.33. The van der Waals surface area contributed by atoms with Crippen LogP contribution in [-0.4, -0.2) is 33.2 Å². The summed E-state index contributed by atoms with van der Waals surface area (Å²) in [6.45, 7) is 6.18. The molecule has 2 aromatic carbocycles. The molecule has 0 radical (unpaired) electrons. The quantitative estimate of drug-likeness (QED) is 0.697. The monoisotopic (exact) mass is 415 g/mol. The first-order chi connectivity index (χ1) is 14.4. The van der Waals surface area contributed by atoms with Crippen LogP contribution in [0.1, 0.15) is 43.0 Å². The van der Waals surface area contributed by atoms with E-state index in [4.69, 9.17) is 9.47 Å². The van der Waals surface area contributed by atoms with E-state index in [-0.39, 0.29) is 17.8 Å². The number of rotatable bonds is 8. The minimum absolute atomic E-state index is 0.0490. The first-order valence-corrected chi connectivity index (χ1v) is 10.5. The second-order valence-corrected chi connectivity index (χ2v) is 8.33. The Bertz CT molecular complexity index is 885. The van der Waals surface area contributed by atoms with Crippen molar-refractivity contribution in [3.05, 3.63) is 58.9 Å². The van der Waals surface area contributed by atoms with E-state index in [0.717, 1.165) is 24.1 Å². The molecule has 2 aromatic rings. The van der Waals surface area contributed by atoms with Gasteiger partial charge in [-0.1, -0.05) is 26.0 Å². The van der Waals surface area contributed by atoms with Crippen LogP contribution in [0.3, 0.4) is 0 Å². The molecule has 2 N–H and O–H groups in total. The highest BCUT2D eigenvalue weighted by molar-refractivity contribution is 5.76. The topological polar surface area (TPSA) is 52.0 Å². The Labute approximate surface area is 178 Å². The molecule has 1 aliphatic heterocycles. The summed E-state index contributed by atoms with van der Waals surface area (Å²) in [7, 11) is 3.27. The van der Waals surface area contributed by atoms with Gasteiger partial charge in [0.25, 0.3) is 0 Å². The maximum absolute atomic E-state index is 13.7. The third-order valence-corrected chi connectivity index (χ3v) is 5.65. The smallest absolute Gasteiger partial charge is 0.220 e. The van der Waals surface area contributed by atoms with Crippen molar-refractivity contribution in [3.8, 4) is 11.5 Å². The van der Waals surface area contributed by atoms with E-state index in [9.17, 15) is 9.18 Å². The fourth-order valence-corrected chi connectivity index (χ4v) is 4.20. The molecule has 0 saturated carbocycles. The number of amides is 1. The normalized spacial score (nSPS) is 18.1. The van der Waals surface area contributed by atoms with Gasteiger partial charge in [-0.05, 0) is 35.7 Å². The van der Waals surface area contributed by atoms with Crippen LogP contribution in [0.4, 0.5) is 4.39 Å². The van der Waals surface area contributed by atoms with Gasteiger partial charge in [0.05, 0.1) is 27.3 Å². The number of hydrogen-bond acceptors (Lipinski definition) is 3. The number of methoxy groups -OCH3 is 2. The van der Waals surface area contributed by atoms with E-state index >= 15 is 0 Å². The summed E-state index contributed by atoms with van der Waals surface area (Å²) in [6.07, 6.45) is 1.39. The lowest BCUT2D eigenvalue weighted by molar-refractivity contribution is -0.945. The first kappa shape index (κ1) is 22.1. The van der Waals surface area contributed by atoms with Crippen molar-refractivity contribution in [3.63, 3.8) is 0 Å². The number of halogens is 1. The standard InChI is InChI=1S/C24H31FN2O3/c1-16(2)10-24(28)26-14-21-20-13-23(30-4)22(29-3)12-18(20)8-9-27(21)15-17-6-5-7-19(25)11-17/h5-7,11-13,16,21H,8-10,14-15H2,1-4H3,(H,26,28)/p+1/t21-/m0/s1. The molecule has 1 heterocycles. The van der Waals surface area contributed by atoms with E-state index in [0.29, 0.717) is 36.9 Å². The van der Waals surface area contributed by atoms with Gasteiger partial charge in [0.1, 0.15) is 18.4 Å². The van der Waals surface area contributed by atoms with Crippen LogP contribution in [-0.2, 0) is 17.8 Å². The fraction of sp³-hybridized carbons (Fsp3) is 0.458. The molecule has 6 heteroatoms. The molecule has 0 bridgehead atoms. The Hall–Kier alpha value is -2.60. The average Bonchev–Trinajstić information content (AvgIpc) is 2.71. The summed E-state index contributed by atoms with van der Waals surface area (Å²) < 4.78 is 24.7. The van der Waals surface area contributed by atoms with E-state index in [1.807, 2.05) is 32.0 Å². The van der Waals surface area contributed by atoms with E-state index < -0.39 is 0 Å². The van der Waals surface area contributed by atoms with Gasteiger partial charge >= 0.3 is 0 Å². The fourth-order valence-electron chi connectivity index (χ4n) is 4.20. The number of quaternary nitrogens is 1. The van der Waals surface area contributed by atoms with Gasteiger partial charge in [-0.15, -0.1) is 0 Å². The summed E-state index contributed by atoms with van der Waals surface area (Å²) in [5, 5.41) is 3.11. The van der Waals surface area contributed by atoms with Crippen molar-refractivity contribution in [2.24, 2.45) is 5.92 Å². The molecule has 162 valence electrons. The molecule has 0 spiro atoms. The van der Waals surface area contributed by atoms with Crippen molar-refractivity contribution in [1.82, 2.24) is 5.32 Å². The van der Waals surface area contributed by atoms with Crippen LogP contribution in [0.2, 0.25) is 0 Å². The van der Waals surface area contributed by atoms with Gasteiger partial charge in [0.2, 0.25) is 5.91 Å². The third-order valence-electron chi connectivity index (χ3n) is 5.65. The molecule has 3 rings (SSSR count). The SMILES string of the molecule is COc1cc2c(cc1OC)[C@H](CNC(=O)CC(C)C)[NH+](Cc1cccc(F)c1)CC2. The zero-order valence-corrected chi connectivity index (χ0v) is 18.3. The van der Waals surface area contributed by atoms with Crippen LogP contribution in [0, 0.1) is 11.7 Å². The van der Waals surface area contributed by atoms with Crippen molar-refractivity contribution >= 4 is 5.91 Å². The summed E-state index contributed by atoms with van der Waals surface area (Å²) in [5.74, 6) is 1.54. The van der Waals surface area contributed by atoms with Gasteiger partial charge < -0.3 is 19.7 Å². The molecule has 0 aromatic heterocycles. The Kier molecular flexibility index (Phi) is 7.32. The molecule has 1 unspecified atom stereocenters. The number of hydrogen-bond donors (Lipinski definition) is 2. The van der Waals surface area contributed by atoms with Gasteiger partial charge in [-0.25, -0.2) is 4.39 Å². The molecule has 1 amide bonds. The lowest BCUT2D eigenvalue weighted by atomic mass is 9.91. The van der Waals surface area contributed by atoms with E-state index in [1.165, 1.54) is 16.5 Å². The molecule has 5 nitrogen and oxygen atoms in total. The maximum atomic E-state index is 13.7. The summed E-state index contributed by atoms with van der Waals surface area (Å²) >= 11 is 0. The number of nitrogens with one attached hydrogen (secondary N) is 2. The average molecular weight is 416 g/mol. The number of fused-ring (bicyclic) bond motifs is 1. The van der Waals surface area contributed by atoms with Gasteiger partial charge in [0.15, 0.2) is 11.5 Å². The Morgan fingerprint density at radius 1 is 1.20 bits per heavy atom. The summed E-state index contributed by atoms with van der Waals surface area (Å²) in [6, 6.07) is 10.9. The number of carbonyl (C=O) groups excluding carboxylic acids is 1. The van der Waals surface area contributed by atoms with Crippen LogP contribution in [0.5, 0.6) is 11.5 Å². The number of carbonyl (C=O) groups is 1. The van der Waals surface area contributed by atoms with Crippen LogP contribution in [0.25, 0.3) is 0 Å².